The SMILES string of the molecule is CC1CCCC(NC(C(=O)O)c2ccccc2)C1. The summed E-state index contributed by atoms with van der Waals surface area (Å²) in [5.74, 6) is -0.0964. The Morgan fingerprint density at radius 3 is 2.67 bits per heavy atom. The van der Waals surface area contributed by atoms with Gasteiger partial charge in [0.05, 0.1) is 0 Å². The number of carbonyl (C=O) groups is 1. The minimum absolute atomic E-state index is 0.329. The first kappa shape index (κ1) is 13.1. The number of benzene rings is 1. The van der Waals surface area contributed by atoms with Crippen LogP contribution in [0.3, 0.4) is 0 Å². The summed E-state index contributed by atoms with van der Waals surface area (Å²) in [4.78, 5) is 11.4. The van der Waals surface area contributed by atoms with Crippen molar-refractivity contribution in [1.29, 1.82) is 0 Å². The van der Waals surface area contributed by atoms with E-state index >= 15 is 0 Å². The zero-order valence-electron chi connectivity index (χ0n) is 10.8. The van der Waals surface area contributed by atoms with Gasteiger partial charge in [0, 0.05) is 6.04 Å². The monoisotopic (exact) mass is 247 g/mol. The first-order chi connectivity index (χ1) is 8.66. The molecular weight excluding hydrogens is 226 g/mol. The van der Waals surface area contributed by atoms with E-state index in [4.69, 9.17) is 0 Å². The van der Waals surface area contributed by atoms with Gasteiger partial charge in [-0.2, -0.15) is 0 Å². The van der Waals surface area contributed by atoms with E-state index in [-0.39, 0.29) is 0 Å². The summed E-state index contributed by atoms with van der Waals surface area (Å²) in [6.45, 7) is 2.24. The van der Waals surface area contributed by atoms with Crippen molar-refractivity contribution >= 4 is 5.97 Å². The van der Waals surface area contributed by atoms with Gasteiger partial charge in [-0.1, -0.05) is 50.1 Å². The number of hydrogen-bond acceptors (Lipinski definition) is 2. The van der Waals surface area contributed by atoms with E-state index < -0.39 is 12.0 Å². The van der Waals surface area contributed by atoms with Crippen LogP contribution in [-0.2, 0) is 4.79 Å². The average Bonchev–Trinajstić information content (AvgIpc) is 2.37. The second kappa shape index (κ2) is 6.01. The van der Waals surface area contributed by atoms with Crippen molar-refractivity contribution in [2.75, 3.05) is 0 Å². The average molecular weight is 247 g/mol. The van der Waals surface area contributed by atoms with E-state index in [0.717, 1.165) is 18.4 Å². The fraction of sp³-hybridized carbons (Fsp3) is 0.533. The highest BCUT2D eigenvalue weighted by Gasteiger charge is 2.26. The topological polar surface area (TPSA) is 49.3 Å². The normalized spacial score (nSPS) is 25.6. The molecule has 1 aliphatic carbocycles. The third-order valence-electron chi connectivity index (χ3n) is 3.72. The third kappa shape index (κ3) is 3.33. The third-order valence-corrected chi connectivity index (χ3v) is 3.72. The predicted molar refractivity (Wildman–Crippen MR) is 71.4 cm³/mol. The van der Waals surface area contributed by atoms with Gasteiger partial charge in [-0.15, -0.1) is 0 Å². The number of carboxylic acids is 1. The molecule has 0 spiro atoms. The molecule has 1 saturated carbocycles. The highest BCUT2D eigenvalue weighted by molar-refractivity contribution is 5.75. The van der Waals surface area contributed by atoms with E-state index in [2.05, 4.69) is 12.2 Å². The van der Waals surface area contributed by atoms with Crippen molar-refractivity contribution < 1.29 is 9.90 Å². The Bertz CT molecular complexity index is 391. The lowest BCUT2D eigenvalue weighted by atomic mass is 9.86. The second-order valence-corrected chi connectivity index (χ2v) is 5.32. The summed E-state index contributed by atoms with van der Waals surface area (Å²) >= 11 is 0. The molecule has 2 rings (SSSR count). The van der Waals surface area contributed by atoms with Crippen LogP contribution in [0.25, 0.3) is 0 Å². The van der Waals surface area contributed by atoms with Crippen molar-refractivity contribution in [3.05, 3.63) is 35.9 Å². The summed E-state index contributed by atoms with van der Waals surface area (Å²) in [5.41, 5.74) is 0.836. The Balaban J connectivity index is 2.05. The summed E-state index contributed by atoms with van der Waals surface area (Å²) in [5, 5.41) is 12.7. The van der Waals surface area contributed by atoms with Gasteiger partial charge in [0.2, 0.25) is 0 Å². The van der Waals surface area contributed by atoms with Gasteiger partial charge in [0.15, 0.2) is 0 Å². The van der Waals surface area contributed by atoms with Crippen LogP contribution in [-0.4, -0.2) is 17.1 Å². The number of rotatable bonds is 4. The minimum Gasteiger partial charge on any atom is -0.480 e. The Kier molecular flexibility index (Phi) is 4.37. The van der Waals surface area contributed by atoms with Crippen LogP contribution in [0.5, 0.6) is 0 Å². The number of nitrogens with one attached hydrogen (secondary N) is 1. The van der Waals surface area contributed by atoms with Crippen molar-refractivity contribution in [2.24, 2.45) is 5.92 Å². The molecule has 18 heavy (non-hydrogen) atoms. The van der Waals surface area contributed by atoms with Crippen LogP contribution in [0.15, 0.2) is 30.3 Å². The van der Waals surface area contributed by atoms with Crippen LogP contribution in [0, 0.1) is 5.92 Å². The van der Waals surface area contributed by atoms with E-state index in [1.807, 2.05) is 30.3 Å². The number of aliphatic carboxylic acids is 1. The van der Waals surface area contributed by atoms with Gasteiger partial charge in [0.25, 0.3) is 0 Å². The summed E-state index contributed by atoms with van der Waals surface area (Å²) in [7, 11) is 0. The molecule has 0 aliphatic heterocycles. The molecule has 3 atom stereocenters. The van der Waals surface area contributed by atoms with Crippen LogP contribution in [0.2, 0.25) is 0 Å². The highest BCUT2D eigenvalue weighted by Crippen LogP contribution is 2.25. The fourth-order valence-corrected chi connectivity index (χ4v) is 2.78. The standard InChI is InChI=1S/C15H21NO2/c1-11-6-5-9-13(10-11)16-14(15(17)18)12-7-3-2-4-8-12/h2-4,7-8,11,13-14,16H,5-6,9-10H2,1H3,(H,17,18). The van der Waals surface area contributed by atoms with E-state index in [9.17, 15) is 9.90 Å². The maximum Gasteiger partial charge on any atom is 0.325 e. The Morgan fingerprint density at radius 1 is 1.33 bits per heavy atom. The zero-order chi connectivity index (χ0) is 13.0. The first-order valence-electron chi connectivity index (χ1n) is 6.70. The molecule has 3 heteroatoms. The molecule has 1 aromatic rings. The molecule has 1 aromatic carbocycles. The molecule has 3 nitrogen and oxygen atoms in total. The van der Waals surface area contributed by atoms with Gasteiger partial charge >= 0.3 is 5.97 Å². The van der Waals surface area contributed by atoms with Crippen molar-refractivity contribution in [3.8, 4) is 0 Å². The van der Waals surface area contributed by atoms with E-state index in [1.165, 1.54) is 12.8 Å². The molecule has 2 N–H and O–H groups in total. The fourth-order valence-electron chi connectivity index (χ4n) is 2.78. The molecule has 0 heterocycles. The summed E-state index contributed by atoms with van der Waals surface area (Å²) < 4.78 is 0. The quantitative estimate of drug-likeness (QED) is 0.860. The summed E-state index contributed by atoms with van der Waals surface area (Å²) in [6, 6.07) is 9.17. The van der Waals surface area contributed by atoms with E-state index in [0.29, 0.717) is 12.0 Å². The molecule has 0 aromatic heterocycles. The van der Waals surface area contributed by atoms with Crippen molar-refractivity contribution in [1.82, 2.24) is 5.32 Å². The molecule has 3 unspecified atom stereocenters. The molecule has 0 bridgehead atoms. The van der Waals surface area contributed by atoms with Crippen LogP contribution >= 0.6 is 0 Å². The maximum absolute atomic E-state index is 11.4. The van der Waals surface area contributed by atoms with Crippen molar-refractivity contribution in [2.45, 2.75) is 44.7 Å². The lowest BCUT2D eigenvalue weighted by molar-refractivity contribution is -0.140. The van der Waals surface area contributed by atoms with Crippen molar-refractivity contribution in [3.63, 3.8) is 0 Å². The molecular formula is C15H21NO2. The smallest absolute Gasteiger partial charge is 0.325 e. The molecule has 0 saturated heterocycles. The summed E-state index contributed by atoms with van der Waals surface area (Å²) in [6.07, 6.45) is 4.62. The maximum atomic E-state index is 11.4. The van der Waals surface area contributed by atoms with Gasteiger partial charge in [-0.3, -0.25) is 10.1 Å². The van der Waals surface area contributed by atoms with Gasteiger partial charge in [-0.05, 0) is 24.3 Å². The van der Waals surface area contributed by atoms with Crippen LogP contribution in [0.4, 0.5) is 0 Å². The van der Waals surface area contributed by atoms with Gasteiger partial charge < -0.3 is 5.11 Å². The number of carboxylic acid groups (broad SMARTS) is 1. The van der Waals surface area contributed by atoms with E-state index in [1.54, 1.807) is 0 Å². The first-order valence-corrected chi connectivity index (χ1v) is 6.70. The molecule has 1 aliphatic rings. The number of hydrogen-bond donors (Lipinski definition) is 2. The lowest BCUT2D eigenvalue weighted by Crippen LogP contribution is -2.39. The lowest BCUT2D eigenvalue weighted by Gasteiger charge is -2.30. The van der Waals surface area contributed by atoms with Gasteiger partial charge in [-0.25, -0.2) is 0 Å². The van der Waals surface area contributed by atoms with Crippen LogP contribution < -0.4 is 5.32 Å². The minimum atomic E-state index is -0.792. The Hall–Kier alpha value is -1.35. The largest absolute Gasteiger partial charge is 0.480 e. The molecule has 1 fully saturated rings. The van der Waals surface area contributed by atoms with Gasteiger partial charge in [0.1, 0.15) is 6.04 Å². The van der Waals surface area contributed by atoms with Crippen LogP contribution in [0.1, 0.15) is 44.2 Å². The zero-order valence-corrected chi connectivity index (χ0v) is 10.8. The molecule has 98 valence electrons. The Morgan fingerprint density at radius 2 is 2.06 bits per heavy atom. The predicted octanol–water partition coefficient (Wildman–Crippen LogP) is 2.98. The molecule has 0 amide bonds. The molecule has 0 radical (unpaired) electrons. The Labute approximate surface area is 108 Å². The highest BCUT2D eigenvalue weighted by atomic mass is 16.4. The second-order valence-electron chi connectivity index (χ2n) is 5.32.